The van der Waals surface area contributed by atoms with E-state index in [1.807, 2.05) is 37.3 Å². The van der Waals surface area contributed by atoms with Gasteiger partial charge in [-0.1, -0.05) is 54.1 Å². The quantitative estimate of drug-likeness (QED) is 0.856. The normalized spacial score (nSPS) is 24.8. The molecule has 0 unspecified atom stereocenters. The van der Waals surface area contributed by atoms with Crippen LogP contribution in [0.1, 0.15) is 17.5 Å². The van der Waals surface area contributed by atoms with E-state index in [4.69, 9.17) is 0 Å². The second-order valence-corrected chi connectivity index (χ2v) is 8.50. The molecule has 1 aliphatic heterocycles. The molecule has 0 saturated carbocycles. The summed E-state index contributed by atoms with van der Waals surface area (Å²) in [5.74, 6) is -0.371. The molecule has 4 nitrogen and oxygen atoms in total. The fourth-order valence-electron chi connectivity index (χ4n) is 3.37. The van der Waals surface area contributed by atoms with Crippen molar-refractivity contribution >= 4 is 10.0 Å². The van der Waals surface area contributed by atoms with E-state index in [0.29, 0.717) is 6.42 Å². The molecule has 132 valence electrons. The lowest BCUT2D eigenvalue weighted by Crippen LogP contribution is -2.51. The van der Waals surface area contributed by atoms with E-state index in [-0.39, 0.29) is 23.9 Å². The van der Waals surface area contributed by atoms with Gasteiger partial charge in [0, 0.05) is 19.0 Å². The van der Waals surface area contributed by atoms with E-state index in [0.717, 1.165) is 11.1 Å². The second kappa shape index (κ2) is 6.75. The van der Waals surface area contributed by atoms with E-state index in [2.05, 4.69) is 6.58 Å². The van der Waals surface area contributed by atoms with Crippen LogP contribution in [0.2, 0.25) is 0 Å². The van der Waals surface area contributed by atoms with Gasteiger partial charge in [0.05, 0.1) is 10.5 Å². The lowest BCUT2D eigenvalue weighted by Gasteiger charge is -2.43. The highest BCUT2D eigenvalue weighted by molar-refractivity contribution is 7.89. The first kappa shape index (κ1) is 17.9. The summed E-state index contributed by atoms with van der Waals surface area (Å²) >= 11 is 0. The molecule has 1 N–H and O–H groups in total. The van der Waals surface area contributed by atoms with Crippen molar-refractivity contribution in [3.63, 3.8) is 0 Å². The van der Waals surface area contributed by atoms with Gasteiger partial charge in [0.2, 0.25) is 10.0 Å². The van der Waals surface area contributed by atoms with Crippen LogP contribution >= 0.6 is 0 Å². The molecule has 0 aromatic heterocycles. The summed E-state index contributed by atoms with van der Waals surface area (Å²) in [7, 11) is -3.58. The lowest BCUT2D eigenvalue weighted by molar-refractivity contribution is -0.0439. The van der Waals surface area contributed by atoms with Crippen molar-refractivity contribution in [2.24, 2.45) is 5.92 Å². The van der Waals surface area contributed by atoms with Crippen molar-refractivity contribution in [2.75, 3.05) is 13.1 Å². The fourth-order valence-corrected chi connectivity index (χ4v) is 4.84. The van der Waals surface area contributed by atoms with Gasteiger partial charge in [0.15, 0.2) is 0 Å². The first-order valence-electron chi connectivity index (χ1n) is 8.35. The number of benzene rings is 2. The number of piperidine rings is 1. The molecule has 1 heterocycles. The predicted molar refractivity (Wildman–Crippen MR) is 98.6 cm³/mol. The van der Waals surface area contributed by atoms with Gasteiger partial charge in [-0.15, -0.1) is 6.58 Å². The van der Waals surface area contributed by atoms with Crippen LogP contribution in [0.15, 0.2) is 72.1 Å². The van der Waals surface area contributed by atoms with Gasteiger partial charge in [-0.2, -0.15) is 4.31 Å². The van der Waals surface area contributed by atoms with E-state index < -0.39 is 15.6 Å². The smallest absolute Gasteiger partial charge is 0.243 e. The Morgan fingerprint density at radius 1 is 1.16 bits per heavy atom. The summed E-state index contributed by atoms with van der Waals surface area (Å²) in [6.07, 6.45) is 1.99. The van der Waals surface area contributed by atoms with Crippen LogP contribution in [-0.4, -0.2) is 30.9 Å². The molecule has 25 heavy (non-hydrogen) atoms. The lowest BCUT2D eigenvalue weighted by atomic mass is 9.76. The summed E-state index contributed by atoms with van der Waals surface area (Å²) in [4.78, 5) is 0.283. The number of sulfonamides is 1. The molecule has 1 aliphatic rings. The Kier molecular flexibility index (Phi) is 4.82. The maximum Gasteiger partial charge on any atom is 0.243 e. The van der Waals surface area contributed by atoms with Gasteiger partial charge in [-0.3, -0.25) is 0 Å². The third-order valence-corrected chi connectivity index (χ3v) is 6.85. The van der Waals surface area contributed by atoms with Crippen molar-refractivity contribution in [1.29, 1.82) is 0 Å². The number of aliphatic hydroxyl groups is 1. The van der Waals surface area contributed by atoms with Gasteiger partial charge < -0.3 is 5.11 Å². The minimum absolute atomic E-state index is 0.213. The zero-order valence-electron chi connectivity index (χ0n) is 14.3. The van der Waals surface area contributed by atoms with Crippen molar-refractivity contribution in [3.8, 4) is 0 Å². The fraction of sp³-hybridized carbons (Fsp3) is 0.300. The maximum atomic E-state index is 12.9. The molecule has 1 fully saturated rings. The van der Waals surface area contributed by atoms with E-state index in [9.17, 15) is 13.5 Å². The minimum Gasteiger partial charge on any atom is -0.384 e. The summed E-state index contributed by atoms with van der Waals surface area (Å²) in [6.45, 7) is 6.23. The Labute approximate surface area is 149 Å². The average molecular weight is 357 g/mol. The summed E-state index contributed by atoms with van der Waals surface area (Å²) in [5.41, 5.74) is 0.717. The van der Waals surface area contributed by atoms with Crippen LogP contribution in [0.25, 0.3) is 0 Å². The molecule has 0 spiro atoms. The Morgan fingerprint density at radius 2 is 1.80 bits per heavy atom. The summed E-state index contributed by atoms with van der Waals surface area (Å²) in [5, 5.41) is 11.2. The van der Waals surface area contributed by atoms with Crippen molar-refractivity contribution in [1.82, 2.24) is 4.31 Å². The molecule has 0 amide bonds. The molecular formula is C20H23NO3S. The van der Waals surface area contributed by atoms with E-state index in [1.54, 1.807) is 30.3 Å². The van der Waals surface area contributed by atoms with Gasteiger partial charge in [0.1, 0.15) is 0 Å². The molecule has 2 aromatic rings. The van der Waals surface area contributed by atoms with E-state index >= 15 is 0 Å². The molecule has 2 atom stereocenters. The molecule has 2 aromatic carbocycles. The summed E-state index contributed by atoms with van der Waals surface area (Å²) in [6, 6.07) is 16.3. The third kappa shape index (κ3) is 3.27. The molecule has 5 heteroatoms. The average Bonchev–Trinajstić information content (AvgIpc) is 2.63. The number of hydrogen-bond acceptors (Lipinski definition) is 3. The highest BCUT2D eigenvalue weighted by atomic mass is 32.2. The number of rotatable bonds is 4. The van der Waals surface area contributed by atoms with Gasteiger partial charge >= 0.3 is 0 Å². The highest BCUT2D eigenvalue weighted by Gasteiger charge is 2.44. The van der Waals surface area contributed by atoms with Crippen LogP contribution in [0.3, 0.4) is 0 Å². The van der Waals surface area contributed by atoms with Crippen LogP contribution in [-0.2, 0) is 15.6 Å². The second-order valence-electron chi connectivity index (χ2n) is 6.56. The topological polar surface area (TPSA) is 57.6 Å². The molecule has 0 aliphatic carbocycles. The zero-order valence-corrected chi connectivity index (χ0v) is 15.1. The predicted octanol–water partition coefficient (Wildman–Crippen LogP) is 3.08. The Morgan fingerprint density at radius 3 is 2.40 bits per heavy atom. The largest absolute Gasteiger partial charge is 0.384 e. The summed E-state index contributed by atoms with van der Waals surface area (Å²) < 4.78 is 27.3. The molecular weight excluding hydrogens is 334 g/mol. The molecule has 0 radical (unpaired) electrons. The maximum absolute atomic E-state index is 12.9. The van der Waals surface area contributed by atoms with Gasteiger partial charge in [0.25, 0.3) is 0 Å². The zero-order chi connectivity index (χ0) is 18.1. The number of nitrogens with zero attached hydrogens (tertiary/aromatic N) is 1. The number of aryl methyl sites for hydroxylation is 1. The van der Waals surface area contributed by atoms with Gasteiger partial charge in [-0.05, 0) is 31.0 Å². The minimum atomic E-state index is -3.58. The van der Waals surface area contributed by atoms with Crippen molar-refractivity contribution in [3.05, 3.63) is 78.4 Å². The van der Waals surface area contributed by atoms with Gasteiger partial charge in [-0.25, -0.2) is 8.42 Å². The monoisotopic (exact) mass is 357 g/mol. The first-order valence-corrected chi connectivity index (χ1v) is 9.79. The Bertz CT molecular complexity index is 846. The Hall–Kier alpha value is -1.95. The van der Waals surface area contributed by atoms with Crippen molar-refractivity contribution < 1.29 is 13.5 Å². The standard InChI is InChI=1S/C20H23NO3S/c1-3-17-15-21(25(23,24)19-11-9-16(2)10-12-19)14-13-20(17,22)18-7-5-4-6-8-18/h3-12,17,22H,1,13-15H2,2H3/t17-,20+/m0/s1. The highest BCUT2D eigenvalue weighted by Crippen LogP contribution is 2.39. The van der Waals surface area contributed by atoms with Crippen LogP contribution < -0.4 is 0 Å². The number of hydrogen-bond donors (Lipinski definition) is 1. The molecule has 0 bridgehead atoms. The SMILES string of the molecule is C=C[C@H]1CN(S(=O)(=O)c2ccc(C)cc2)CC[C@]1(O)c1ccccc1. The first-order chi connectivity index (χ1) is 11.9. The van der Waals surface area contributed by atoms with Crippen LogP contribution in [0, 0.1) is 12.8 Å². The molecule has 3 rings (SSSR count). The molecule has 1 saturated heterocycles. The third-order valence-electron chi connectivity index (χ3n) is 4.97. The Balaban J connectivity index is 1.89. The van der Waals surface area contributed by atoms with E-state index in [1.165, 1.54) is 4.31 Å². The van der Waals surface area contributed by atoms with Crippen LogP contribution in [0.4, 0.5) is 0 Å². The van der Waals surface area contributed by atoms with Crippen molar-refractivity contribution in [2.45, 2.75) is 23.8 Å². The van der Waals surface area contributed by atoms with Crippen LogP contribution in [0.5, 0.6) is 0 Å².